The van der Waals surface area contributed by atoms with E-state index < -0.39 is 0 Å². The second-order valence-electron chi connectivity index (χ2n) is 4.37. The normalized spacial score (nSPS) is 10.9. The first kappa shape index (κ1) is 13.0. The van der Waals surface area contributed by atoms with Crippen LogP contribution in [0.4, 0.5) is 0 Å². The van der Waals surface area contributed by atoms with Crippen molar-refractivity contribution in [2.75, 3.05) is 0 Å². The van der Waals surface area contributed by atoms with Crippen LogP contribution in [0.2, 0.25) is 0 Å². The van der Waals surface area contributed by atoms with E-state index in [-0.39, 0.29) is 5.69 Å². The largest absolute Gasteiger partial charge is 0.348 e. The van der Waals surface area contributed by atoms with Crippen LogP contribution >= 0.6 is 11.3 Å². The fraction of sp³-hybridized carbons (Fsp3) is 0.462. The Balaban J connectivity index is 2.37. The molecule has 0 unspecified atom stereocenters. The van der Waals surface area contributed by atoms with Gasteiger partial charge in [0.2, 0.25) is 0 Å². The summed E-state index contributed by atoms with van der Waals surface area (Å²) in [4.78, 5) is 21.6. The number of hydrogen-bond acceptors (Lipinski definition) is 4. The molecule has 0 aromatic carbocycles. The molecule has 5 heteroatoms. The lowest BCUT2D eigenvalue weighted by molar-refractivity contribution is 0.688. The molecular formula is C13H17N3OS. The summed E-state index contributed by atoms with van der Waals surface area (Å²) in [7, 11) is 0. The van der Waals surface area contributed by atoms with E-state index in [2.05, 4.69) is 23.8 Å². The molecule has 2 heterocycles. The molecule has 0 atom stereocenters. The molecule has 0 saturated heterocycles. The van der Waals surface area contributed by atoms with Gasteiger partial charge in [-0.3, -0.25) is 4.57 Å². The Morgan fingerprint density at radius 3 is 2.56 bits per heavy atom. The lowest BCUT2D eigenvalue weighted by atomic mass is 10.3. The van der Waals surface area contributed by atoms with Crippen LogP contribution < -0.4 is 5.69 Å². The summed E-state index contributed by atoms with van der Waals surface area (Å²) in [6.45, 7) is 8.45. The first-order valence-electron chi connectivity index (χ1n) is 6.01. The number of aromatic nitrogens is 3. The molecular weight excluding hydrogens is 246 g/mol. The third-order valence-corrected chi connectivity index (χ3v) is 3.91. The van der Waals surface area contributed by atoms with Gasteiger partial charge in [0.15, 0.2) is 0 Å². The lowest BCUT2D eigenvalue weighted by Crippen LogP contribution is -2.26. The Hall–Kier alpha value is -1.49. The van der Waals surface area contributed by atoms with Gasteiger partial charge < -0.3 is 0 Å². The van der Waals surface area contributed by atoms with Gasteiger partial charge in [-0.1, -0.05) is 6.92 Å². The van der Waals surface area contributed by atoms with Gasteiger partial charge >= 0.3 is 5.69 Å². The molecule has 0 fully saturated rings. The fourth-order valence-corrected chi connectivity index (χ4v) is 3.00. The second kappa shape index (κ2) is 5.02. The molecule has 4 nitrogen and oxygen atoms in total. The smallest absolute Gasteiger partial charge is 0.290 e. The van der Waals surface area contributed by atoms with Crippen molar-refractivity contribution in [2.45, 2.75) is 40.7 Å². The van der Waals surface area contributed by atoms with Gasteiger partial charge in [-0.05, 0) is 33.3 Å². The summed E-state index contributed by atoms with van der Waals surface area (Å²) in [6, 6.07) is 1.92. The van der Waals surface area contributed by atoms with Crippen LogP contribution in [0.25, 0.3) is 0 Å². The van der Waals surface area contributed by atoms with Gasteiger partial charge in [-0.25, -0.2) is 9.78 Å². The number of nitrogens with zero attached hydrogens (tertiary/aromatic N) is 3. The zero-order valence-corrected chi connectivity index (χ0v) is 12.0. The van der Waals surface area contributed by atoms with Crippen LogP contribution in [-0.4, -0.2) is 14.5 Å². The van der Waals surface area contributed by atoms with Gasteiger partial charge in [0.1, 0.15) is 5.01 Å². The molecule has 0 aliphatic rings. The zero-order chi connectivity index (χ0) is 13.3. The van der Waals surface area contributed by atoms with E-state index in [1.165, 1.54) is 4.88 Å². The minimum Gasteiger partial charge on any atom is -0.290 e. The molecule has 0 aliphatic carbocycles. The monoisotopic (exact) mass is 263 g/mol. The Morgan fingerprint density at radius 1 is 1.28 bits per heavy atom. The van der Waals surface area contributed by atoms with Gasteiger partial charge in [-0.2, -0.15) is 4.98 Å². The van der Waals surface area contributed by atoms with E-state index in [0.29, 0.717) is 6.54 Å². The molecule has 0 aliphatic heterocycles. The summed E-state index contributed by atoms with van der Waals surface area (Å²) in [5.41, 5.74) is 2.62. The van der Waals surface area contributed by atoms with Crippen molar-refractivity contribution in [3.8, 4) is 0 Å². The van der Waals surface area contributed by atoms with Crippen LogP contribution in [0.15, 0.2) is 10.9 Å². The van der Waals surface area contributed by atoms with Crippen molar-refractivity contribution in [3.05, 3.63) is 43.5 Å². The minimum absolute atomic E-state index is 0.196. The van der Waals surface area contributed by atoms with E-state index in [1.807, 2.05) is 19.9 Å². The summed E-state index contributed by atoms with van der Waals surface area (Å²) >= 11 is 1.66. The maximum absolute atomic E-state index is 11.9. The Kier molecular flexibility index (Phi) is 3.61. The van der Waals surface area contributed by atoms with Crippen LogP contribution in [0.5, 0.6) is 0 Å². The molecule has 0 saturated carbocycles. The van der Waals surface area contributed by atoms with Crippen molar-refractivity contribution < 1.29 is 0 Å². The summed E-state index contributed by atoms with van der Waals surface area (Å²) in [6.07, 6.45) is 0.933. The van der Waals surface area contributed by atoms with Crippen LogP contribution in [0, 0.1) is 20.8 Å². The molecule has 18 heavy (non-hydrogen) atoms. The van der Waals surface area contributed by atoms with Gasteiger partial charge in [0, 0.05) is 16.3 Å². The quantitative estimate of drug-likeness (QED) is 0.853. The van der Waals surface area contributed by atoms with E-state index >= 15 is 0 Å². The molecule has 2 aromatic heterocycles. The van der Waals surface area contributed by atoms with Crippen molar-refractivity contribution in [1.29, 1.82) is 0 Å². The first-order valence-corrected chi connectivity index (χ1v) is 6.83. The molecule has 0 N–H and O–H groups in total. The number of thiazole rings is 1. The maximum Gasteiger partial charge on any atom is 0.348 e. The average Bonchev–Trinajstić information content (AvgIpc) is 2.64. The van der Waals surface area contributed by atoms with Gasteiger partial charge in [0.25, 0.3) is 0 Å². The van der Waals surface area contributed by atoms with Crippen molar-refractivity contribution in [3.63, 3.8) is 0 Å². The Bertz CT molecular complexity index is 628. The Morgan fingerprint density at radius 2 is 2.00 bits per heavy atom. The third-order valence-electron chi connectivity index (χ3n) is 2.91. The van der Waals surface area contributed by atoms with Crippen LogP contribution in [0.3, 0.4) is 0 Å². The summed E-state index contributed by atoms with van der Waals surface area (Å²) in [5, 5.41) is 0.972. The van der Waals surface area contributed by atoms with E-state index in [9.17, 15) is 4.79 Å². The summed E-state index contributed by atoms with van der Waals surface area (Å²) in [5.74, 6) is 0. The van der Waals surface area contributed by atoms with Crippen LogP contribution in [-0.2, 0) is 13.0 Å². The van der Waals surface area contributed by atoms with Gasteiger partial charge in [-0.15, -0.1) is 11.3 Å². The summed E-state index contributed by atoms with van der Waals surface area (Å²) < 4.78 is 1.67. The number of aryl methyl sites for hydroxylation is 4. The molecule has 0 amide bonds. The molecule has 2 rings (SSSR count). The molecule has 0 bridgehead atoms. The number of rotatable bonds is 3. The highest BCUT2D eigenvalue weighted by atomic mass is 32.1. The van der Waals surface area contributed by atoms with Crippen molar-refractivity contribution >= 4 is 11.3 Å². The molecule has 0 spiro atoms. The third kappa shape index (κ3) is 2.51. The molecule has 0 radical (unpaired) electrons. The van der Waals surface area contributed by atoms with Gasteiger partial charge in [0.05, 0.1) is 12.2 Å². The maximum atomic E-state index is 11.9. The second-order valence-corrected chi connectivity index (χ2v) is 5.66. The lowest BCUT2D eigenvalue weighted by Gasteiger charge is -2.07. The molecule has 2 aromatic rings. The highest BCUT2D eigenvalue weighted by Gasteiger charge is 2.09. The predicted octanol–water partition coefficient (Wildman–Crippen LogP) is 2.24. The SMILES string of the molecule is CCc1nc(Cn2c(C)cc(C)nc2=O)sc1C. The predicted molar refractivity (Wildman–Crippen MR) is 73.3 cm³/mol. The molecule has 96 valence electrons. The topological polar surface area (TPSA) is 47.8 Å². The number of hydrogen-bond donors (Lipinski definition) is 0. The van der Waals surface area contributed by atoms with Crippen molar-refractivity contribution in [1.82, 2.24) is 14.5 Å². The highest BCUT2D eigenvalue weighted by Crippen LogP contribution is 2.18. The first-order chi connectivity index (χ1) is 8.51. The minimum atomic E-state index is -0.196. The standard InChI is InChI=1S/C13H17N3OS/c1-5-11-10(4)18-12(15-11)7-16-9(3)6-8(2)14-13(16)17/h6H,5,7H2,1-4H3. The van der Waals surface area contributed by atoms with E-state index in [4.69, 9.17) is 0 Å². The fourth-order valence-electron chi connectivity index (χ4n) is 1.99. The Labute approximate surface area is 110 Å². The van der Waals surface area contributed by atoms with E-state index in [1.54, 1.807) is 15.9 Å². The van der Waals surface area contributed by atoms with Crippen molar-refractivity contribution in [2.24, 2.45) is 0 Å². The highest BCUT2D eigenvalue weighted by molar-refractivity contribution is 7.11. The average molecular weight is 263 g/mol. The van der Waals surface area contributed by atoms with E-state index in [0.717, 1.165) is 28.5 Å². The zero-order valence-electron chi connectivity index (χ0n) is 11.1. The van der Waals surface area contributed by atoms with Crippen LogP contribution in [0.1, 0.15) is 33.9 Å².